The van der Waals surface area contributed by atoms with E-state index in [9.17, 15) is 13.2 Å². The Balaban J connectivity index is 2.76. The molecular weight excluding hydrogens is 271 g/mol. The summed E-state index contributed by atoms with van der Waals surface area (Å²) in [5, 5.41) is 0. The van der Waals surface area contributed by atoms with Gasteiger partial charge in [0.2, 0.25) is 0 Å². The highest BCUT2D eigenvalue weighted by Gasteiger charge is 2.31. The predicted octanol–water partition coefficient (Wildman–Crippen LogP) is 3.36. The Labute approximate surface area is 116 Å². The van der Waals surface area contributed by atoms with Crippen LogP contribution < -0.4 is 10.5 Å². The van der Waals surface area contributed by atoms with Gasteiger partial charge in [-0.15, -0.1) is 0 Å². The van der Waals surface area contributed by atoms with Gasteiger partial charge in [-0.05, 0) is 32.0 Å². The van der Waals surface area contributed by atoms with Gasteiger partial charge in [0, 0.05) is 25.6 Å². The largest absolute Gasteiger partial charge is 0.493 e. The van der Waals surface area contributed by atoms with E-state index in [1.807, 2.05) is 13.8 Å². The van der Waals surface area contributed by atoms with E-state index < -0.39 is 11.7 Å². The Hall–Kier alpha value is -1.27. The van der Waals surface area contributed by atoms with Crippen LogP contribution in [-0.4, -0.2) is 19.3 Å². The van der Waals surface area contributed by atoms with E-state index in [-0.39, 0.29) is 12.1 Å². The van der Waals surface area contributed by atoms with Gasteiger partial charge in [-0.2, -0.15) is 13.2 Å². The molecule has 0 amide bonds. The lowest BCUT2D eigenvalue weighted by molar-refractivity contribution is -0.137. The number of ether oxygens (including phenoxy) is 2. The molecule has 0 fully saturated rings. The Morgan fingerprint density at radius 2 is 1.85 bits per heavy atom. The topological polar surface area (TPSA) is 44.5 Å². The van der Waals surface area contributed by atoms with Crippen LogP contribution in [0.2, 0.25) is 0 Å². The van der Waals surface area contributed by atoms with Crippen molar-refractivity contribution in [3.05, 3.63) is 29.3 Å². The fourth-order valence-electron chi connectivity index (χ4n) is 1.56. The minimum atomic E-state index is -4.37. The van der Waals surface area contributed by atoms with Crippen molar-refractivity contribution in [3.8, 4) is 5.75 Å². The molecule has 0 spiro atoms. The second-order valence-corrected chi connectivity index (χ2v) is 5.09. The van der Waals surface area contributed by atoms with Crippen molar-refractivity contribution in [1.29, 1.82) is 0 Å². The Morgan fingerprint density at radius 1 is 1.20 bits per heavy atom. The second-order valence-electron chi connectivity index (χ2n) is 5.09. The van der Waals surface area contributed by atoms with Crippen LogP contribution in [0.25, 0.3) is 0 Å². The van der Waals surface area contributed by atoms with Crippen LogP contribution in [-0.2, 0) is 17.5 Å². The smallest absolute Gasteiger partial charge is 0.416 e. The van der Waals surface area contributed by atoms with Crippen molar-refractivity contribution in [3.63, 3.8) is 0 Å². The molecular formula is C14H20F3NO2. The molecule has 0 saturated carbocycles. The fraction of sp³-hybridized carbons (Fsp3) is 0.571. The van der Waals surface area contributed by atoms with E-state index in [0.29, 0.717) is 24.3 Å². The van der Waals surface area contributed by atoms with Crippen molar-refractivity contribution in [2.75, 3.05) is 13.7 Å². The van der Waals surface area contributed by atoms with Gasteiger partial charge in [-0.25, -0.2) is 0 Å². The van der Waals surface area contributed by atoms with Gasteiger partial charge in [-0.3, -0.25) is 0 Å². The molecule has 0 unspecified atom stereocenters. The van der Waals surface area contributed by atoms with E-state index in [2.05, 4.69) is 0 Å². The van der Waals surface area contributed by atoms with Crippen LogP contribution in [0.4, 0.5) is 13.2 Å². The molecule has 0 aliphatic carbocycles. The molecule has 1 aromatic carbocycles. The van der Waals surface area contributed by atoms with Crippen LogP contribution >= 0.6 is 0 Å². The summed E-state index contributed by atoms with van der Waals surface area (Å²) in [6.45, 7) is 4.16. The first kappa shape index (κ1) is 16.8. The maximum Gasteiger partial charge on any atom is 0.416 e. The molecule has 2 N–H and O–H groups in total. The van der Waals surface area contributed by atoms with Gasteiger partial charge in [0.1, 0.15) is 5.75 Å². The fourth-order valence-corrected chi connectivity index (χ4v) is 1.56. The molecule has 0 saturated heterocycles. The van der Waals surface area contributed by atoms with Crippen molar-refractivity contribution in [2.45, 2.75) is 38.6 Å². The quantitative estimate of drug-likeness (QED) is 0.874. The molecule has 0 aliphatic rings. The number of benzene rings is 1. The summed E-state index contributed by atoms with van der Waals surface area (Å²) in [6, 6.07) is 3.33. The zero-order valence-corrected chi connectivity index (χ0v) is 11.9. The average molecular weight is 291 g/mol. The number of nitrogens with two attached hydrogens (primary N) is 1. The molecule has 20 heavy (non-hydrogen) atoms. The molecule has 0 aliphatic heterocycles. The molecule has 0 heterocycles. The minimum Gasteiger partial charge on any atom is -0.493 e. The van der Waals surface area contributed by atoms with Crippen molar-refractivity contribution in [2.24, 2.45) is 5.73 Å². The summed E-state index contributed by atoms with van der Waals surface area (Å²) in [5.74, 6) is 0.382. The van der Waals surface area contributed by atoms with Crippen LogP contribution in [0.3, 0.4) is 0 Å². The maximum absolute atomic E-state index is 12.6. The second kappa shape index (κ2) is 6.45. The average Bonchev–Trinajstić information content (AvgIpc) is 2.37. The highest BCUT2D eigenvalue weighted by Crippen LogP contribution is 2.32. The highest BCUT2D eigenvalue weighted by atomic mass is 19.4. The van der Waals surface area contributed by atoms with Gasteiger partial charge in [0.25, 0.3) is 0 Å². The zero-order valence-electron chi connectivity index (χ0n) is 11.9. The van der Waals surface area contributed by atoms with Crippen LogP contribution in [0.5, 0.6) is 5.75 Å². The molecule has 0 aromatic heterocycles. The maximum atomic E-state index is 12.6. The summed E-state index contributed by atoms with van der Waals surface area (Å²) >= 11 is 0. The lowest BCUT2D eigenvalue weighted by Gasteiger charge is -2.23. The third kappa shape index (κ3) is 4.68. The molecule has 0 radical (unpaired) electrons. The van der Waals surface area contributed by atoms with E-state index >= 15 is 0 Å². The van der Waals surface area contributed by atoms with E-state index in [1.165, 1.54) is 6.07 Å². The van der Waals surface area contributed by atoms with E-state index in [1.54, 1.807) is 7.11 Å². The third-order valence-electron chi connectivity index (χ3n) is 3.12. The number of halogens is 3. The molecule has 1 aromatic rings. The van der Waals surface area contributed by atoms with Crippen LogP contribution in [0.1, 0.15) is 31.4 Å². The number of hydrogen-bond acceptors (Lipinski definition) is 3. The van der Waals surface area contributed by atoms with Crippen LogP contribution in [0.15, 0.2) is 18.2 Å². The lowest BCUT2D eigenvalue weighted by Crippen LogP contribution is -2.25. The van der Waals surface area contributed by atoms with Gasteiger partial charge >= 0.3 is 6.18 Å². The molecule has 0 atom stereocenters. The first-order chi connectivity index (χ1) is 9.19. The van der Waals surface area contributed by atoms with Crippen molar-refractivity contribution in [1.82, 2.24) is 0 Å². The SMILES string of the molecule is COC(C)(C)CCOc1ccc(C(F)(F)F)cc1CN. The van der Waals surface area contributed by atoms with Gasteiger partial charge in [0.15, 0.2) is 0 Å². The van der Waals surface area contributed by atoms with Gasteiger partial charge < -0.3 is 15.2 Å². The number of alkyl halides is 3. The van der Waals surface area contributed by atoms with Crippen molar-refractivity contribution >= 4 is 0 Å². The Morgan fingerprint density at radius 3 is 2.35 bits per heavy atom. The van der Waals surface area contributed by atoms with Crippen LogP contribution in [0, 0.1) is 0 Å². The third-order valence-corrected chi connectivity index (χ3v) is 3.12. The van der Waals surface area contributed by atoms with E-state index in [4.69, 9.17) is 15.2 Å². The molecule has 6 heteroatoms. The van der Waals surface area contributed by atoms with Gasteiger partial charge in [0.05, 0.1) is 17.8 Å². The summed E-state index contributed by atoms with van der Waals surface area (Å²) in [7, 11) is 1.60. The number of hydrogen-bond donors (Lipinski definition) is 1. The molecule has 1 rings (SSSR count). The summed E-state index contributed by atoms with van der Waals surface area (Å²) in [5.41, 5.74) is 4.76. The molecule has 114 valence electrons. The monoisotopic (exact) mass is 291 g/mol. The normalized spacial score (nSPS) is 12.6. The zero-order chi connectivity index (χ0) is 15.4. The first-order valence-corrected chi connectivity index (χ1v) is 6.28. The standard InChI is InChI=1S/C14H20F3NO2/c1-13(2,19-3)6-7-20-12-5-4-11(14(15,16)17)8-10(12)9-18/h4-5,8H,6-7,9,18H2,1-3H3. The molecule has 0 bridgehead atoms. The Kier molecular flexibility index (Phi) is 5.42. The van der Waals surface area contributed by atoms with E-state index in [0.717, 1.165) is 12.1 Å². The summed E-state index contributed by atoms with van der Waals surface area (Å²) in [4.78, 5) is 0. The minimum absolute atomic E-state index is 0.00702. The summed E-state index contributed by atoms with van der Waals surface area (Å²) < 4.78 is 48.5. The lowest BCUT2D eigenvalue weighted by atomic mass is 10.1. The van der Waals surface area contributed by atoms with Crippen molar-refractivity contribution < 1.29 is 22.6 Å². The number of rotatable bonds is 6. The first-order valence-electron chi connectivity index (χ1n) is 6.28. The predicted molar refractivity (Wildman–Crippen MR) is 70.5 cm³/mol. The summed E-state index contributed by atoms with van der Waals surface area (Å²) in [6.07, 6.45) is -3.75. The molecule has 3 nitrogen and oxygen atoms in total. The highest BCUT2D eigenvalue weighted by molar-refractivity contribution is 5.38. The Bertz CT molecular complexity index is 445. The number of methoxy groups -OCH3 is 1. The van der Waals surface area contributed by atoms with Gasteiger partial charge in [-0.1, -0.05) is 0 Å².